The number of hydrogen-bond donors (Lipinski definition) is 1. The zero-order valence-electron chi connectivity index (χ0n) is 14.7. The van der Waals surface area contributed by atoms with Gasteiger partial charge in [-0.3, -0.25) is 4.79 Å². The lowest BCUT2D eigenvalue weighted by molar-refractivity contribution is 0.0745. The van der Waals surface area contributed by atoms with Gasteiger partial charge in [0.1, 0.15) is 5.82 Å². The standard InChI is InChI=1S/C17H29N3O/c1-16(2,3)11-20(8)15(21)12-9-13(17(4,5)6)19-14(10-12)18-7/h9-10H,11H2,1-8H3,(H,18,19). The lowest BCUT2D eigenvalue weighted by Gasteiger charge is -2.27. The SMILES string of the molecule is CNc1cc(C(=O)N(C)CC(C)(C)C)cc(C(C)(C)C)n1. The summed E-state index contributed by atoms with van der Waals surface area (Å²) in [6.45, 7) is 13.4. The first-order valence-corrected chi connectivity index (χ1v) is 7.40. The maximum absolute atomic E-state index is 12.6. The first-order valence-electron chi connectivity index (χ1n) is 7.40. The normalized spacial score (nSPS) is 12.2. The molecule has 1 N–H and O–H groups in total. The molecule has 0 aliphatic carbocycles. The molecular formula is C17H29N3O. The van der Waals surface area contributed by atoms with Crippen molar-refractivity contribution < 1.29 is 4.79 Å². The highest BCUT2D eigenvalue weighted by Gasteiger charge is 2.22. The van der Waals surface area contributed by atoms with Crippen LogP contribution in [0.2, 0.25) is 0 Å². The molecule has 4 nitrogen and oxygen atoms in total. The van der Waals surface area contributed by atoms with Gasteiger partial charge in [-0.15, -0.1) is 0 Å². The molecular weight excluding hydrogens is 262 g/mol. The van der Waals surface area contributed by atoms with Crippen molar-refractivity contribution in [3.63, 3.8) is 0 Å². The van der Waals surface area contributed by atoms with E-state index < -0.39 is 0 Å². The van der Waals surface area contributed by atoms with Gasteiger partial charge < -0.3 is 10.2 Å². The molecule has 0 saturated carbocycles. The van der Waals surface area contributed by atoms with Crippen molar-refractivity contribution in [1.82, 2.24) is 9.88 Å². The van der Waals surface area contributed by atoms with Gasteiger partial charge in [-0.05, 0) is 17.5 Å². The van der Waals surface area contributed by atoms with Gasteiger partial charge in [0.15, 0.2) is 0 Å². The van der Waals surface area contributed by atoms with Crippen LogP contribution in [-0.4, -0.2) is 36.4 Å². The zero-order valence-corrected chi connectivity index (χ0v) is 14.7. The van der Waals surface area contributed by atoms with E-state index in [0.717, 1.165) is 11.5 Å². The third kappa shape index (κ3) is 5.03. The summed E-state index contributed by atoms with van der Waals surface area (Å²) in [6.07, 6.45) is 0. The molecule has 21 heavy (non-hydrogen) atoms. The number of carbonyl (C=O) groups excluding carboxylic acids is 1. The molecule has 1 heterocycles. The second kappa shape index (κ2) is 6.04. The van der Waals surface area contributed by atoms with Gasteiger partial charge in [-0.1, -0.05) is 41.5 Å². The lowest BCUT2D eigenvalue weighted by Crippen LogP contribution is -2.34. The molecule has 0 unspecified atom stereocenters. The molecule has 0 bridgehead atoms. The first kappa shape index (κ1) is 17.5. The predicted octanol–water partition coefficient (Wildman–Crippen LogP) is 3.54. The van der Waals surface area contributed by atoms with Crippen LogP contribution in [0.15, 0.2) is 12.1 Å². The number of rotatable bonds is 3. The lowest BCUT2D eigenvalue weighted by atomic mass is 9.90. The molecule has 0 fully saturated rings. The molecule has 0 saturated heterocycles. The number of pyridine rings is 1. The largest absolute Gasteiger partial charge is 0.373 e. The van der Waals surface area contributed by atoms with E-state index >= 15 is 0 Å². The molecule has 1 aromatic rings. The fourth-order valence-electron chi connectivity index (χ4n) is 2.17. The van der Waals surface area contributed by atoms with Crippen molar-refractivity contribution in [2.75, 3.05) is 26.0 Å². The van der Waals surface area contributed by atoms with Crippen LogP contribution in [0.5, 0.6) is 0 Å². The molecule has 0 atom stereocenters. The number of nitrogens with one attached hydrogen (secondary N) is 1. The third-order valence-corrected chi connectivity index (χ3v) is 3.16. The Labute approximate surface area is 129 Å². The van der Waals surface area contributed by atoms with E-state index in [1.54, 1.807) is 4.90 Å². The Kier molecular flexibility index (Phi) is 5.03. The van der Waals surface area contributed by atoms with Gasteiger partial charge in [-0.2, -0.15) is 0 Å². The van der Waals surface area contributed by atoms with Crippen molar-refractivity contribution in [2.24, 2.45) is 5.41 Å². The maximum Gasteiger partial charge on any atom is 0.253 e. The second-order valence-corrected chi connectivity index (χ2v) is 7.85. The molecule has 1 amide bonds. The van der Waals surface area contributed by atoms with Crippen LogP contribution in [0.1, 0.15) is 57.6 Å². The van der Waals surface area contributed by atoms with Crippen LogP contribution in [0, 0.1) is 5.41 Å². The molecule has 4 heteroatoms. The van der Waals surface area contributed by atoms with Crippen molar-refractivity contribution >= 4 is 11.7 Å². The van der Waals surface area contributed by atoms with E-state index in [0.29, 0.717) is 12.1 Å². The van der Waals surface area contributed by atoms with Gasteiger partial charge in [0.2, 0.25) is 0 Å². The summed E-state index contributed by atoms with van der Waals surface area (Å²) < 4.78 is 0. The minimum atomic E-state index is -0.0928. The molecule has 0 spiro atoms. The van der Waals surface area contributed by atoms with Crippen LogP contribution in [0.3, 0.4) is 0 Å². The number of aromatic nitrogens is 1. The Morgan fingerprint density at radius 2 is 1.76 bits per heavy atom. The summed E-state index contributed by atoms with van der Waals surface area (Å²) in [7, 11) is 3.67. The molecule has 0 aliphatic rings. The van der Waals surface area contributed by atoms with E-state index in [4.69, 9.17) is 0 Å². The molecule has 0 aliphatic heterocycles. The maximum atomic E-state index is 12.6. The number of nitrogens with zero attached hydrogens (tertiary/aromatic N) is 2. The highest BCUT2D eigenvalue weighted by atomic mass is 16.2. The Morgan fingerprint density at radius 1 is 1.19 bits per heavy atom. The van der Waals surface area contributed by atoms with Crippen LogP contribution < -0.4 is 5.32 Å². The Hall–Kier alpha value is -1.58. The van der Waals surface area contributed by atoms with E-state index in [1.807, 2.05) is 26.2 Å². The van der Waals surface area contributed by atoms with E-state index in [9.17, 15) is 4.79 Å². The predicted molar refractivity (Wildman–Crippen MR) is 88.9 cm³/mol. The third-order valence-electron chi connectivity index (χ3n) is 3.16. The van der Waals surface area contributed by atoms with Gasteiger partial charge in [0.05, 0.1) is 0 Å². The minimum Gasteiger partial charge on any atom is -0.373 e. The van der Waals surface area contributed by atoms with Crippen molar-refractivity contribution in [3.8, 4) is 0 Å². The topological polar surface area (TPSA) is 45.2 Å². The highest BCUT2D eigenvalue weighted by molar-refractivity contribution is 5.95. The molecule has 1 aromatic heterocycles. The Morgan fingerprint density at radius 3 is 2.19 bits per heavy atom. The molecule has 0 aromatic carbocycles. The number of amides is 1. The average molecular weight is 291 g/mol. The summed E-state index contributed by atoms with van der Waals surface area (Å²) in [5.41, 5.74) is 1.59. The summed E-state index contributed by atoms with van der Waals surface area (Å²) in [5.74, 6) is 0.768. The van der Waals surface area contributed by atoms with Crippen molar-refractivity contribution in [3.05, 3.63) is 23.4 Å². The smallest absolute Gasteiger partial charge is 0.253 e. The van der Waals surface area contributed by atoms with E-state index in [2.05, 4.69) is 51.8 Å². The summed E-state index contributed by atoms with van der Waals surface area (Å²) in [6, 6.07) is 3.72. The van der Waals surface area contributed by atoms with Crippen molar-refractivity contribution in [1.29, 1.82) is 0 Å². The Bertz CT molecular complexity index is 510. The Balaban J connectivity index is 3.15. The monoisotopic (exact) mass is 291 g/mol. The van der Waals surface area contributed by atoms with Crippen LogP contribution >= 0.6 is 0 Å². The first-order chi connectivity index (χ1) is 9.44. The summed E-state index contributed by atoms with van der Waals surface area (Å²) in [5, 5.41) is 3.04. The number of hydrogen-bond acceptors (Lipinski definition) is 3. The number of anilines is 1. The summed E-state index contributed by atoms with van der Waals surface area (Å²) in [4.78, 5) is 19.0. The van der Waals surface area contributed by atoms with Crippen molar-refractivity contribution in [2.45, 2.75) is 47.0 Å². The summed E-state index contributed by atoms with van der Waals surface area (Å²) >= 11 is 0. The van der Waals surface area contributed by atoms with E-state index in [1.165, 1.54) is 0 Å². The average Bonchev–Trinajstić information content (AvgIpc) is 2.34. The van der Waals surface area contributed by atoms with E-state index in [-0.39, 0.29) is 16.7 Å². The fraction of sp³-hybridized carbons (Fsp3) is 0.647. The number of carbonyl (C=O) groups is 1. The van der Waals surface area contributed by atoms with Crippen LogP contribution in [0.4, 0.5) is 5.82 Å². The quantitative estimate of drug-likeness (QED) is 0.926. The fourth-order valence-corrected chi connectivity index (χ4v) is 2.17. The minimum absolute atomic E-state index is 0.0364. The van der Waals surface area contributed by atoms with Crippen LogP contribution in [-0.2, 0) is 5.41 Å². The molecule has 118 valence electrons. The second-order valence-electron chi connectivity index (χ2n) is 7.85. The van der Waals surface area contributed by atoms with Gasteiger partial charge in [0.25, 0.3) is 5.91 Å². The molecule has 1 rings (SSSR count). The highest BCUT2D eigenvalue weighted by Crippen LogP contribution is 2.24. The van der Waals surface area contributed by atoms with Gasteiger partial charge in [0, 0.05) is 37.3 Å². The van der Waals surface area contributed by atoms with Gasteiger partial charge in [-0.25, -0.2) is 4.98 Å². The van der Waals surface area contributed by atoms with Crippen LogP contribution in [0.25, 0.3) is 0 Å². The molecule has 0 radical (unpaired) electrons. The zero-order chi connectivity index (χ0) is 16.4. The van der Waals surface area contributed by atoms with Gasteiger partial charge >= 0.3 is 0 Å².